The Bertz CT molecular complexity index is 263. The van der Waals surface area contributed by atoms with Gasteiger partial charge in [-0.3, -0.25) is 0 Å². The van der Waals surface area contributed by atoms with Gasteiger partial charge in [0, 0.05) is 19.2 Å². The fraction of sp³-hybridized carbons (Fsp3) is 0.846. The third-order valence-electron chi connectivity index (χ3n) is 3.85. The number of nitrogens with one attached hydrogen (secondary N) is 1. The maximum atomic E-state index is 5.81. The minimum Gasteiger partial charge on any atom is -0.497 e. The Morgan fingerprint density at radius 3 is 2.88 bits per heavy atom. The van der Waals surface area contributed by atoms with Gasteiger partial charge in [0.25, 0.3) is 0 Å². The summed E-state index contributed by atoms with van der Waals surface area (Å²) in [6.07, 6.45) is 11.0. The topological polar surface area (TPSA) is 30.5 Å². The Morgan fingerprint density at radius 2 is 2.12 bits per heavy atom. The zero-order chi connectivity index (χ0) is 10.8. The standard InChI is InChI=1S/C13H21NO2/c1-2-7-15-11(3-1)9-14-12-6-8-16-13(12)10-4-5-10/h2,7,10-14H,1,3-6,8-9H2. The normalized spacial score (nSPS) is 38.6. The summed E-state index contributed by atoms with van der Waals surface area (Å²) in [6, 6.07) is 0.571. The second-order valence-electron chi connectivity index (χ2n) is 5.18. The molecule has 0 bridgehead atoms. The summed E-state index contributed by atoms with van der Waals surface area (Å²) in [5.41, 5.74) is 0. The van der Waals surface area contributed by atoms with Crippen LogP contribution in [0.5, 0.6) is 0 Å². The fourth-order valence-corrected chi connectivity index (χ4v) is 2.74. The van der Waals surface area contributed by atoms with Gasteiger partial charge in [0.2, 0.25) is 0 Å². The van der Waals surface area contributed by atoms with Crippen molar-refractivity contribution >= 4 is 0 Å². The van der Waals surface area contributed by atoms with E-state index in [-0.39, 0.29) is 0 Å². The van der Waals surface area contributed by atoms with Crippen LogP contribution < -0.4 is 5.32 Å². The highest BCUT2D eigenvalue weighted by Gasteiger charge is 2.40. The van der Waals surface area contributed by atoms with Gasteiger partial charge in [0.1, 0.15) is 6.10 Å². The van der Waals surface area contributed by atoms with Crippen LogP contribution in [0.15, 0.2) is 12.3 Å². The Labute approximate surface area is 97.2 Å². The molecule has 0 radical (unpaired) electrons. The molecule has 3 heteroatoms. The molecule has 1 N–H and O–H groups in total. The molecule has 3 atom stereocenters. The predicted molar refractivity (Wildman–Crippen MR) is 62.1 cm³/mol. The summed E-state index contributed by atoms with van der Waals surface area (Å²) in [6.45, 7) is 1.91. The SMILES string of the molecule is C1=COC(CNC2CCOC2C2CC2)CC1. The van der Waals surface area contributed by atoms with Gasteiger partial charge in [-0.2, -0.15) is 0 Å². The molecule has 3 rings (SSSR count). The molecule has 2 aliphatic heterocycles. The molecule has 0 aromatic heterocycles. The molecular weight excluding hydrogens is 202 g/mol. The van der Waals surface area contributed by atoms with Crippen LogP contribution in [0.1, 0.15) is 32.1 Å². The molecule has 90 valence electrons. The molecule has 0 amide bonds. The molecule has 16 heavy (non-hydrogen) atoms. The minimum absolute atomic E-state index is 0.366. The number of hydrogen-bond donors (Lipinski definition) is 1. The predicted octanol–water partition coefficient (Wildman–Crippen LogP) is 1.84. The molecule has 0 spiro atoms. The number of allylic oxidation sites excluding steroid dienone is 1. The molecule has 0 aromatic carbocycles. The molecule has 3 nitrogen and oxygen atoms in total. The van der Waals surface area contributed by atoms with Gasteiger partial charge in [0.05, 0.1) is 12.4 Å². The summed E-state index contributed by atoms with van der Waals surface area (Å²) in [7, 11) is 0. The second kappa shape index (κ2) is 4.76. The zero-order valence-electron chi connectivity index (χ0n) is 9.73. The molecule has 2 heterocycles. The van der Waals surface area contributed by atoms with Crippen LogP contribution in [0.25, 0.3) is 0 Å². The molecular formula is C13H21NO2. The lowest BCUT2D eigenvalue weighted by Gasteiger charge is -2.24. The van der Waals surface area contributed by atoms with E-state index < -0.39 is 0 Å². The van der Waals surface area contributed by atoms with E-state index in [2.05, 4.69) is 11.4 Å². The summed E-state index contributed by atoms with van der Waals surface area (Å²) in [5, 5.41) is 3.64. The maximum Gasteiger partial charge on any atom is 0.110 e. The highest BCUT2D eigenvalue weighted by molar-refractivity contribution is 4.94. The largest absolute Gasteiger partial charge is 0.497 e. The molecule has 2 fully saturated rings. The molecule has 1 saturated carbocycles. The summed E-state index contributed by atoms with van der Waals surface area (Å²) >= 11 is 0. The van der Waals surface area contributed by atoms with Crippen LogP contribution in [0, 0.1) is 5.92 Å². The van der Waals surface area contributed by atoms with Gasteiger partial charge >= 0.3 is 0 Å². The quantitative estimate of drug-likeness (QED) is 0.789. The molecule has 0 aromatic rings. The van der Waals surface area contributed by atoms with E-state index in [9.17, 15) is 0 Å². The highest BCUT2D eigenvalue weighted by Crippen LogP contribution is 2.38. The van der Waals surface area contributed by atoms with Crippen molar-refractivity contribution in [3.63, 3.8) is 0 Å². The van der Waals surface area contributed by atoms with Crippen molar-refractivity contribution in [3.05, 3.63) is 12.3 Å². The van der Waals surface area contributed by atoms with Gasteiger partial charge in [-0.25, -0.2) is 0 Å². The monoisotopic (exact) mass is 223 g/mol. The van der Waals surface area contributed by atoms with Gasteiger partial charge in [0.15, 0.2) is 0 Å². The van der Waals surface area contributed by atoms with Crippen LogP contribution in [-0.2, 0) is 9.47 Å². The Morgan fingerprint density at radius 1 is 1.19 bits per heavy atom. The third-order valence-corrected chi connectivity index (χ3v) is 3.85. The van der Waals surface area contributed by atoms with Crippen molar-refractivity contribution in [2.45, 2.75) is 50.4 Å². The lowest BCUT2D eigenvalue weighted by Crippen LogP contribution is -2.42. The molecule has 3 aliphatic rings. The van der Waals surface area contributed by atoms with Crippen molar-refractivity contribution in [2.24, 2.45) is 5.92 Å². The Kier molecular flexibility index (Phi) is 3.15. The Hall–Kier alpha value is -0.540. The second-order valence-corrected chi connectivity index (χ2v) is 5.18. The van der Waals surface area contributed by atoms with Crippen molar-refractivity contribution in [2.75, 3.05) is 13.2 Å². The average molecular weight is 223 g/mol. The molecule has 1 saturated heterocycles. The van der Waals surface area contributed by atoms with Crippen molar-refractivity contribution in [1.82, 2.24) is 5.32 Å². The van der Waals surface area contributed by atoms with E-state index in [1.165, 1.54) is 19.3 Å². The van der Waals surface area contributed by atoms with Gasteiger partial charge in [-0.1, -0.05) is 0 Å². The molecule has 1 aliphatic carbocycles. The van der Waals surface area contributed by atoms with E-state index in [0.29, 0.717) is 18.2 Å². The van der Waals surface area contributed by atoms with Gasteiger partial charge in [-0.15, -0.1) is 0 Å². The summed E-state index contributed by atoms with van der Waals surface area (Å²) in [5.74, 6) is 0.840. The van der Waals surface area contributed by atoms with Crippen molar-refractivity contribution in [1.29, 1.82) is 0 Å². The molecule has 3 unspecified atom stereocenters. The highest BCUT2D eigenvalue weighted by atomic mass is 16.5. The summed E-state index contributed by atoms with van der Waals surface area (Å²) < 4.78 is 11.4. The van der Waals surface area contributed by atoms with Gasteiger partial charge < -0.3 is 14.8 Å². The van der Waals surface area contributed by atoms with Crippen LogP contribution in [-0.4, -0.2) is 31.4 Å². The summed E-state index contributed by atoms with van der Waals surface area (Å²) in [4.78, 5) is 0. The smallest absolute Gasteiger partial charge is 0.110 e. The lowest BCUT2D eigenvalue weighted by molar-refractivity contribution is 0.0732. The Balaban J connectivity index is 1.44. The van der Waals surface area contributed by atoms with Crippen molar-refractivity contribution < 1.29 is 9.47 Å². The van der Waals surface area contributed by atoms with E-state index in [0.717, 1.165) is 31.9 Å². The van der Waals surface area contributed by atoms with Crippen LogP contribution in [0.3, 0.4) is 0 Å². The average Bonchev–Trinajstić information content (AvgIpc) is 3.07. The van der Waals surface area contributed by atoms with Crippen LogP contribution in [0.2, 0.25) is 0 Å². The first kappa shape index (κ1) is 10.6. The van der Waals surface area contributed by atoms with E-state index in [1.54, 1.807) is 0 Å². The van der Waals surface area contributed by atoms with Crippen molar-refractivity contribution in [3.8, 4) is 0 Å². The first-order valence-electron chi connectivity index (χ1n) is 6.59. The third kappa shape index (κ3) is 2.41. The lowest BCUT2D eigenvalue weighted by atomic mass is 10.1. The minimum atomic E-state index is 0.366. The van der Waals surface area contributed by atoms with Crippen LogP contribution in [0.4, 0.5) is 0 Å². The number of ether oxygens (including phenoxy) is 2. The van der Waals surface area contributed by atoms with Gasteiger partial charge in [-0.05, 0) is 44.1 Å². The van der Waals surface area contributed by atoms with E-state index in [1.807, 2.05) is 6.26 Å². The first-order chi connectivity index (χ1) is 7.93. The number of rotatable bonds is 4. The van der Waals surface area contributed by atoms with E-state index in [4.69, 9.17) is 9.47 Å². The first-order valence-corrected chi connectivity index (χ1v) is 6.59. The maximum absolute atomic E-state index is 5.81. The fourth-order valence-electron chi connectivity index (χ4n) is 2.74. The van der Waals surface area contributed by atoms with E-state index >= 15 is 0 Å². The van der Waals surface area contributed by atoms with Crippen LogP contribution >= 0.6 is 0 Å². The zero-order valence-corrected chi connectivity index (χ0v) is 9.73. The number of hydrogen-bond acceptors (Lipinski definition) is 3.